The molecule has 2 rings (SSSR count). The van der Waals surface area contributed by atoms with Crippen LogP contribution < -0.4 is 4.74 Å². The van der Waals surface area contributed by atoms with E-state index < -0.39 is 10.8 Å². The molecule has 0 fully saturated rings. The summed E-state index contributed by atoms with van der Waals surface area (Å²) < 4.78 is 17.5. The Hall–Kier alpha value is -1.54. The van der Waals surface area contributed by atoms with E-state index in [1.165, 1.54) is 7.11 Å². The van der Waals surface area contributed by atoms with E-state index in [0.29, 0.717) is 26.3 Å². The van der Waals surface area contributed by atoms with Gasteiger partial charge in [-0.3, -0.25) is 4.21 Å². The van der Waals surface area contributed by atoms with Crippen molar-refractivity contribution in [2.24, 2.45) is 0 Å². The second-order valence-corrected chi connectivity index (χ2v) is 6.39. The summed E-state index contributed by atoms with van der Waals surface area (Å²) in [5.74, 6) is 0.713. The summed E-state index contributed by atoms with van der Waals surface area (Å²) in [5.41, 5.74) is 1.15. The van der Waals surface area contributed by atoms with E-state index in [4.69, 9.17) is 33.2 Å². The molecule has 108 valence electrons. The van der Waals surface area contributed by atoms with E-state index in [0.717, 1.165) is 5.56 Å². The van der Waals surface area contributed by atoms with Gasteiger partial charge in [-0.25, -0.2) is 0 Å². The van der Waals surface area contributed by atoms with Gasteiger partial charge in [0.25, 0.3) is 0 Å². The smallest absolute Gasteiger partial charge is 0.136 e. The maximum Gasteiger partial charge on any atom is 0.136 e. The van der Waals surface area contributed by atoms with Crippen LogP contribution >= 0.6 is 23.2 Å². The van der Waals surface area contributed by atoms with Gasteiger partial charge in [-0.1, -0.05) is 35.3 Å². The average Bonchev–Trinajstić information content (AvgIpc) is 2.46. The summed E-state index contributed by atoms with van der Waals surface area (Å²) in [7, 11) is 0.107. The minimum absolute atomic E-state index is 0.224. The number of hydrogen-bond donors (Lipinski definition) is 0. The molecule has 2 aromatic carbocycles. The molecule has 2 aromatic rings. The molecule has 0 bridgehead atoms. The van der Waals surface area contributed by atoms with Gasteiger partial charge in [-0.2, -0.15) is 5.26 Å². The molecule has 0 radical (unpaired) electrons. The lowest BCUT2D eigenvalue weighted by Gasteiger charge is -2.08. The summed E-state index contributed by atoms with van der Waals surface area (Å²) in [6, 6.07) is 12.1. The van der Waals surface area contributed by atoms with Crippen LogP contribution in [0.4, 0.5) is 0 Å². The lowest BCUT2D eigenvalue weighted by atomic mass is 10.1. The van der Waals surface area contributed by atoms with Crippen LogP contribution in [0.15, 0.2) is 41.3 Å². The van der Waals surface area contributed by atoms with Crippen molar-refractivity contribution < 1.29 is 8.95 Å². The molecule has 0 N–H and O–H groups in total. The van der Waals surface area contributed by atoms with Gasteiger partial charge in [0.1, 0.15) is 11.8 Å². The Morgan fingerprint density at radius 3 is 2.48 bits per heavy atom. The molecule has 0 spiro atoms. The van der Waals surface area contributed by atoms with Crippen LogP contribution in [0, 0.1) is 11.3 Å². The van der Waals surface area contributed by atoms with Gasteiger partial charge in [-0.15, -0.1) is 0 Å². The van der Waals surface area contributed by atoms with E-state index >= 15 is 0 Å². The lowest BCUT2D eigenvalue weighted by molar-refractivity contribution is 0.413. The normalized spacial score (nSPS) is 11.7. The lowest BCUT2D eigenvalue weighted by Crippen LogP contribution is -1.99. The second kappa shape index (κ2) is 6.95. The van der Waals surface area contributed by atoms with Crippen molar-refractivity contribution in [1.29, 1.82) is 5.26 Å². The van der Waals surface area contributed by atoms with Crippen molar-refractivity contribution in [2.45, 2.75) is 10.6 Å². The number of methoxy groups -OCH3 is 1. The Bertz CT molecular complexity index is 721. The number of rotatable bonds is 4. The van der Waals surface area contributed by atoms with Gasteiger partial charge < -0.3 is 4.74 Å². The Morgan fingerprint density at radius 1 is 1.24 bits per heavy atom. The minimum atomic E-state index is -1.39. The third-order valence-corrected chi connectivity index (χ3v) is 5.17. The molecule has 21 heavy (non-hydrogen) atoms. The fraction of sp³-hybridized carbons (Fsp3) is 0.133. The van der Waals surface area contributed by atoms with Gasteiger partial charge in [0.05, 0.1) is 44.2 Å². The number of halogens is 2. The van der Waals surface area contributed by atoms with Crippen molar-refractivity contribution >= 4 is 34.0 Å². The maximum atomic E-state index is 12.4. The van der Waals surface area contributed by atoms with Crippen molar-refractivity contribution in [3.8, 4) is 11.8 Å². The maximum absolute atomic E-state index is 12.4. The summed E-state index contributed by atoms with van der Waals surface area (Å²) in [6.45, 7) is 0. The highest BCUT2D eigenvalue weighted by atomic mass is 35.5. The van der Waals surface area contributed by atoms with Crippen molar-refractivity contribution in [3.63, 3.8) is 0 Å². The predicted molar refractivity (Wildman–Crippen MR) is 84.3 cm³/mol. The van der Waals surface area contributed by atoms with Crippen molar-refractivity contribution in [3.05, 3.63) is 57.6 Å². The zero-order valence-electron chi connectivity index (χ0n) is 11.1. The van der Waals surface area contributed by atoms with E-state index in [1.54, 1.807) is 36.4 Å². The number of nitriles is 1. The van der Waals surface area contributed by atoms with Crippen LogP contribution in [0.5, 0.6) is 5.75 Å². The fourth-order valence-corrected chi connectivity index (χ4v) is 3.97. The van der Waals surface area contributed by atoms with Crippen molar-refractivity contribution in [2.75, 3.05) is 7.11 Å². The molecule has 0 saturated carbocycles. The monoisotopic (exact) mass is 339 g/mol. The first-order valence-corrected chi connectivity index (χ1v) is 8.03. The fourth-order valence-electron chi connectivity index (χ4n) is 1.86. The number of hydrogen-bond acceptors (Lipinski definition) is 3. The Balaban J connectivity index is 2.30. The van der Waals surface area contributed by atoms with Gasteiger partial charge in [0.2, 0.25) is 0 Å². The van der Waals surface area contributed by atoms with Crippen LogP contribution in [0.3, 0.4) is 0 Å². The highest BCUT2D eigenvalue weighted by molar-refractivity contribution is 7.84. The zero-order chi connectivity index (χ0) is 15.4. The van der Waals surface area contributed by atoms with Crippen LogP contribution in [0.25, 0.3) is 0 Å². The zero-order valence-corrected chi connectivity index (χ0v) is 13.4. The largest absolute Gasteiger partial charge is 0.495 e. The molecule has 1 unspecified atom stereocenters. The third kappa shape index (κ3) is 3.56. The average molecular weight is 340 g/mol. The molecule has 0 aliphatic heterocycles. The van der Waals surface area contributed by atoms with E-state index in [2.05, 4.69) is 0 Å². The molecular formula is C15H11Cl2NO2S. The topological polar surface area (TPSA) is 50.1 Å². The molecule has 0 amide bonds. The van der Waals surface area contributed by atoms with E-state index in [1.807, 2.05) is 6.07 Å². The number of nitrogens with zero attached hydrogens (tertiary/aromatic N) is 1. The quantitative estimate of drug-likeness (QED) is 0.839. The second-order valence-electron chi connectivity index (χ2n) is 4.19. The molecule has 3 nitrogen and oxygen atoms in total. The van der Waals surface area contributed by atoms with E-state index in [-0.39, 0.29) is 5.75 Å². The first kappa shape index (κ1) is 15.8. The van der Waals surface area contributed by atoms with Crippen LogP contribution in [0.2, 0.25) is 10.0 Å². The third-order valence-electron chi connectivity index (χ3n) is 2.83. The molecule has 0 aromatic heterocycles. The molecule has 0 aliphatic carbocycles. The SMILES string of the molecule is COc1ccc(CS(=O)c2c(Cl)cccc2Cl)cc1C#N. The van der Waals surface area contributed by atoms with Gasteiger partial charge in [0.15, 0.2) is 0 Å². The van der Waals surface area contributed by atoms with Crippen molar-refractivity contribution in [1.82, 2.24) is 0 Å². The minimum Gasteiger partial charge on any atom is -0.495 e. The standard InChI is InChI=1S/C15H11Cl2NO2S/c1-20-14-6-5-10(7-11(14)8-18)9-21(19)15-12(16)3-2-4-13(15)17/h2-7H,9H2,1H3. The van der Waals surface area contributed by atoms with E-state index in [9.17, 15) is 4.21 Å². The first-order chi connectivity index (χ1) is 10.1. The van der Waals surface area contributed by atoms with Gasteiger partial charge in [-0.05, 0) is 29.8 Å². The van der Waals surface area contributed by atoms with Crippen LogP contribution in [0.1, 0.15) is 11.1 Å². The summed E-state index contributed by atoms with van der Waals surface area (Å²) in [6.07, 6.45) is 0. The van der Waals surface area contributed by atoms with Gasteiger partial charge >= 0.3 is 0 Å². The summed E-state index contributed by atoms with van der Waals surface area (Å²) in [4.78, 5) is 0.412. The summed E-state index contributed by atoms with van der Waals surface area (Å²) in [5, 5.41) is 9.81. The number of ether oxygens (including phenoxy) is 1. The highest BCUT2D eigenvalue weighted by Crippen LogP contribution is 2.29. The van der Waals surface area contributed by atoms with Gasteiger partial charge in [0, 0.05) is 0 Å². The highest BCUT2D eigenvalue weighted by Gasteiger charge is 2.14. The molecule has 0 saturated heterocycles. The van der Waals surface area contributed by atoms with Crippen LogP contribution in [-0.2, 0) is 16.6 Å². The molecule has 1 atom stereocenters. The Labute approximate surface area is 135 Å². The first-order valence-electron chi connectivity index (χ1n) is 5.96. The predicted octanol–water partition coefficient (Wildman–Crippen LogP) is 4.18. The molecule has 0 heterocycles. The summed E-state index contributed by atoms with van der Waals surface area (Å²) >= 11 is 12.1. The molecule has 0 aliphatic rings. The number of benzene rings is 2. The Kier molecular flexibility index (Phi) is 5.24. The molecule has 6 heteroatoms. The Morgan fingerprint density at radius 2 is 1.90 bits per heavy atom. The van der Waals surface area contributed by atoms with Crippen LogP contribution in [-0.4, -0.2) is 11.3 Å². The molecular weight excluding hydrogens is 329 g/mol.